The fraction of sp³-hybridized carbons (Fsp3) is 0.923. The molecule has 1 saturated heterocycles. The third-order valence-electron chi connectivity index (χ3n) is 3.19. The van der Waals surface area contributed by atoms with Crippen LogP contribution in [0.5, 0.6) is 0 Å². The molecule has 2 nitrogen and oxygen atoms in total. The van der Waals surface area contributed by atoms with Gasteiger partial charge in [-0.3, -0.25) is 9.69 Å². The summed E-state index contributed by atoms with van der Waals surface area (Å²) in [7, 11) is 0. The molecule has 2 atom stereocenters. The van der Waals surface area contributed by atoms with Crippen LogP contribution in [0.25, 0.3) is 0 Å². The Balaban J connectivity index is 2.95. The van der Waals surface area contributed by atoms with E-state index in [1.807, 2.05) is 46.4 Å². The molecule has 0 bridgehead atoms. The number of alkyl halides is 1. The molecule has 0 aromatic heterocycles. The Labute approximate surface area is 98.2 Å². The number of carbonyl (C=O) groups excluding carboxylic acids is 1. The SMILES string of the molecule is CC(C)(C)C(=O)[C@@H]1[C@@H](F)CCN1C(C)(C)C. The summed E-state index contributed by atoms with van der Waals surface area (Å²) in [5, 5.41) is 0. The Hall–Kier alpha value is -0.440. The topological polar surface area (TPSA) is 20.3 Å². The van der Waals surface area contributed by atoms with Gasteiger partial charge < -0.3 is 0 Å². The second-order valence-electron chi connectivity index (χ2n) is 6.73. The number of Topliss-reactive ketones (excluding diaryl/α,β-unsaturated/α-hetero) is 1. The molecule has 0 N–H and O–H groups in total. The fourth-order valence-corrected chi connectivity index (χ4v) is 2.26. The van der Waals surface area contributed by atoms with Gasteiger partial charge in [-0.15, -0.1) is 0 Å². The van der Waals surface area contributed by atoms with E-state index in [-0.39, 0.29) is 11.3 Å². The van der Waals surface area contributed by atoms with Gasteiger partial charge in [0.25, 0.3) is 0 Å². The van der Waals surface area contributed by atoms with Crippen LogP contribution < -0.4 is 0 Å². The molecule has 0 aromatic rings. The first-order valence-corrected chi connectivity index (χ1v) is 6.00. The molecule has 16 heavy (non-hydrogen) atoms. The molecule has 1 rings (SSSR count). The standard InChI is InChI=1S/C13H24FNO/c1-12(2,3)11(16)10-9(14)7-8-15(10)13(4,5)6/h9-10H,7-8H2,1-6H3/t9-,10-/m0/s1. The van der Waals surface area contributed by atoms with Crippen molar-refractivity contribution in [2.75, 3.05) is 6.54 Å². The maximum absolute atomic E-state index is 13.9. The van der Waals surface area contributed by atoms with Crippen molar-refractivity contribution in [3.8, 4) is 0 Å². The minimum Gasteiger partial charge on any atom is -0.297 e. The first-order chi connectivity index (χ1) is 7.05. The van der Waals surface area contributed by atoms with Gasteiger partial charge in [0.1, 0.15) is 12.2 Å². The van der Waals surface area contributed by atoms with Crippen molar-refractivity contribution in [3.05, 3.63) is 0 Å². The summed E-state index contributed by atoms with van der Waals surface area (Å²) in [6.45, 7) is 12.4. The van der Waals surface area contributed by atoms with Crippen molar-refractivity contribution in [3.63, 3.8) is 0 Å². The van der Waals surface area contributed by atoms with Gasteiger partial charge in [-0.2, -0.15) is 0 Å². The lowest BCUT2D eigenvalue weighted by molar-refractivity contribution is -0.134. The van der Waals surface area contributed by atoms with E-state index in [0.717, 1.165) is 0 Å². The molecular weight excluding hydrogens is 205 g/mol. The first-order valence-electron chi connectivity index (χ1n) is 6.00. The van der Waals surface area contributed by atoms with Crippen molar-refractivity contribution in [1.29, 1.82) is 0 Å². The Morgan fingerprint density at radius 1 is 1.19 bits per heavy atom. The molecule has 0 aromatic carbocycles. The van der Waals surface area contributed by atoms with Gasteiger partial charge in [0.15, 0.2) is 5.78 Å². The molecule has 3 heteroatoms. The lowest BCUT2D eigenvalue weighted by Gasteiger charge is -2.38. The number of carbonyl (C=O) groups is 1. The highest BCUT2D eigenvalue weighted by molar-refractivity contribution is 5.89. The van der Waals surface area contributed by atoms with E-state index < -0.39 is 17.6 Å². The van der Waals surface area contributed by atoms with Crippen LogP contribution in [-0.4, -0.2) is 35.0 Å². The third kappa shape index (κ3) is 2.62. The van der Waals surface area contributed by atoms with Gasteiger partial charge in [-0.25, -0.2) is 4.39 Å². The van der Waals surface area contributed by atoms with E-state index in [1.165, 1.54) is 0 Å². The molecule has 1 fully saturated rings. The zero-order valence-electron chi connectivity index (χ0n) is 11.3. The van der Waals surface area contributed by atoms with Crippen LogP contribution in [0.2, 0.25) is 0 Å². The minimum atomic E-state index is -1.01. The van der Waals surface area contributed by atoms with Gasteiger partial charge in [-0.05, 0) is 27.2 Å². The van der Waals surface area contributed by atoms with Gasteiger partial charge in [-0.1, -0.05) is 20.8 Å². The van der Waals surface area contributed by atoms with Crippen molar-refractivity contribution in [2.45, 2.75) is 65.7 Å². The number of likely N-dealkylation sites (tertiary alicyclic amines) is 1. The first kappa shape index (κ1) is 13.6. The maximum Gasteiger partial charge on any atom is 0.158 e. The normalized spacial score (nSPS) is 28.4. The number of halogens is 1. The molecule has 94 valence electrons. The van der Waals surface area contributed by atoms with E-state index in [1.54, 1.807) is 0 Å². The smallest absolute Gasteiger partial charge is 0.158 e. The van der Waals surface area contributed by atoms with E-state index in [4.69, 9.17) is 0 Å². The van der Waals surface area contributed by atoms with Gasteiger partial charge in [0, 0.05) is 17.5 Å². The highest BCUT2D eigenvalue weighted by Crippen LogP contribution is 2.33. The molecular formula is C13H24FNO. The Morgan fingerprint density at radius 3 is 2.06 bits per heavy atom. The second kappa shape index (κ2) is 4.10. The third-order valence-corrected chi connectivity index (χ3v) is 3.19. The van der Waals surface area contributed by atoms with Crippen LogP contribution in [0.1, 0.15) is 48.0 Å². The summed E-state index contributed by atoms with van der Waals surface area (Å²) >= 11 is 0. The van der Waals surface area contributed by atoms with Crippen LogP contribution in [-0.2, 0) is 4.79 Å². The summed E-state index contributed by atoms with van der Waals surface area (Å²) in [6, 6.07) is -0.556. The van der Waals surface area contributed by atoms with E-state index in [0.29, 0.717) is 13.0 Å². The molecule has 1 aliphatic heterocycles. The van der Waals surface area contributed by atoms with Crippen LogP contribution in [0, 0.1) is 5.41 Å². The summed E-state index contributed by atoms with van der Waals surface area (Å²) < 4.78 is 13.9. The summed E-state index contributed by atoms with van der Waals surface area (Å²) in [5.74, 6) is 0.0208. The predicted molar refractivity (Wildman–Crippen MR) is 64.2 cm³/mol. The van der Waals surface area contributed by atoms with Crippen LogP contribution in [0.15, 0.2) is 0 Å². The number of hydrogen-bond acceptors (Lipinski definition) is 2. The van der Waals surface area contributed by atoms with Crippen LogP contribution >= 0.6 is 0 Å². The van der Waals surface area contributed by atoms with Crippen molar-refractivity contribution in [2.24, 2.45) is 5.41 Å². The maximum atomic E-state index is 13.9. The Kier molecular flexibility index (Phi) is 3.49. The van der Waals surface area contributed by atoms with Crippen LogP contribution in [0.3, 0.4) is 0 Å². The number of hydrogen-bond donors (Lipinski definition) is 0. The monoisotopic (exact) mass is 229 g/mol. The second-order valence-corrected chi connectivity index (χ2v) is 6.73. The molecule has 0 amide bonds. The van der Waals surface area contributed by atoms with Gasteiger partial charge in [0.2, 0.25) is 0 Å². The lowest BCUT2D eigenvalue weighted by Crippen LogP contribution is -2.53. The lowest BCUT2D eigenvalue weighted by atomic mass is 9.84. The van der Waals surface area contributed by atoms with E-state index >= 15 is 0 Å². The van der Waals surface area contributed by atoms with Gasteiger partial charge in [0.05, 0.1) is 0 Å². The largest absolute Gasteiger partial charge is 0.297 e. The quantitative estimate of drug-likeness (QED) is 0.689. The average molecular weight is 229 g/mol. The molecule has 0 unspecified atom stereocenters. The average Bonchev–Trinajstić information content (AvgIpc) is 2.43. The predicted octanol–water partition coefficient (Wildman–Crippen LogP) is 2.81. The minimum absolute atomic E-state index is 0.0208. The highest BCUT2D eigenvalue weighted by Gasteiger charge is 2.46. The zero-order chi connectivity index (χ0) is 12.7. The van der Waals surface area contributed by atoms with Crippen molar-refractivity contribution >= 4 is 5.78 Å². The molecule has 1 heterocycles. The van der Waals surface area contributed by atoms with Crippen molar-refractivity contribution in [1.82, 2.24) is 4.90 Å². The Morgan fingerprint density at radius 2 is 1.69 bits per heavy atom. The highest BCUT2D eigenvalue weighted by atomic mass is 19.1. The summed E-state index contributed by atoms with van der Waals surface area (Å²) in [4.78, 5) is 14.3. The van der Waals surface area contributed by atoms with Crippen molar-refractivity contribution < 1.29 is 9.18 Å². The summed E-state index contributed by atoms with van der Waals surface area (Å²) in [5.41, 5.74) is -0.616. The Bertz CT molecular complexity index is 275. The summed E-state index contributed by atoms with van der Waals surface area (Å²) in [6.07, 6.45) is -0.532. The number of nitrogens with zero attached hydrogens (tertiary/aromatic N) is 1. The number of rotatable bonds is 1. The molecule has 0 aliphatic carbocycles. The molecule has 0 radical (unpaired) electrons. The zero-order valence-corrected chi connectivity index (χ0v) is 11.3. The molecule has 0 spiro atoms. The van der Waals surface area contributed by atoms with E-state index in [9.17, 15) is 9.18 Å². The van der Waals surface area contributed by atoms with E-state index in [2.05, 4.69) is 0 Å². The molecule has 1 aliphatic rings. The fourth-order valence-electron chi connectivity index (χ4n) is 2.26. The van der Waals surface area contributed by atoms with Crippen LogP contribution in [0.4, 0.5) is 4.39 Å². The molecule has 0 saturated carbocycles. The van der Waals surface area contributed by atoms with Gasteiger partial charge >= 0.3 is 0 Å². The number of ketones is 1.